The van der Waals surface area contributed by atoms with Gasteiger partial charge in [0.25, 0.3) is 0 Å². The zero-order chi connectivity index (χ0) is 19.4. The molecule has 148 valence electrons. The van der Waals surface area contributed by atoms with E-state index in [1.165, 1.54) is 0 Å². The zero-order valence-electron chi connectivity index (χ0n) is 16.6. The highest BCUT2D eigenvalue weighted by molar-refractivity contribution is 5.90. The summed E-state index contributed by atoms with van der Waals surface area (Å²) in [4.78, 5) is 29.8. The second-order valence-electron chi connectivity index (χ2n) is 7.57. The fourth-order valence-electron chi connectivity index (χ4n) is 4.23. The number of carbonyl (C=O) groups is 2. The predicted molar refractivity (Wildman–Crippen MR) is 105 cm³/mol. The number of amides is 2. The molecule has 2 aliphatic heterocycles. The lowest BCUT2D eigenvalue weighted by Gasteiger charge is -2.32. The van der Waals surface area contributed by atoms with Gasteiger partial charge in [0.1, 0.15) is 5.75 Å². The summed E-state index contributed by atoms with van der Waals surface area (Å²) < 4.78 is 5.26. The average molecular weight is 373 g/mol. The lowest BCUT2D eigenvalue weighted by Crippen LogP contribution is -2.43. The number of hydrogen-bond donors (Lipinski definition) is 1. The second kappa shape index (κ2) is 8.74. The van der Waals surface area contributed by atoms with Gasteiger partial charge in [-0.1, -0.05) is 25.5 Å². The fourth-order valence-corrected chi connectivity index (χ4v) is 4.23. The molecule has 2 fully saturated rings. The molecule has 6 heteroatoms. The highest BCUT2D eigenvalue weighted by Gasteiger charge is 2.45. The molecule has 2 heterocycles. The minimum Gasteiger partial charge on any atom is -0.497 e. The highest BCUT2D eigenvalue weighted by Crippen LogP contribution is 2.40. The Bertz CT molecular complexity index is 655. The van der Waals surface area contributed by atoms with E-state index in [0.717, 1.165) is 43.7 Å². The van der Waals surface area contributed by atoms with Gasteiger partial charge in [0.05, 0.1) is 19.1 Å². The molecule has 1 N–H and O–H groups in total. The molecule has 6 nitrogen and oxygen atoms in total. The molecule has 1 aromatic rings. The number of carbonyl (C=O) groups excluding carboxylic acids is 2. The SMILES string of the molecule is CCCCN1C(=O)CC(C(=O)N(C)C2CCNC2)C1c1ccc(OC)cc1. The predicted octanol–water partition coefficient (Wildman–Crippen LogP) is 2.21. The lowest BCUT2D eigenvalue weighted by atomic mass is 9.91. The first kappa shape index (κ1) is 19.7. The molecule has 2 saturated heterocycles. The lowest BCUT2D eigenvalue weighted by molar-refractivity contribution is -0.137. The van der Waals surface area contributed by atoms with Gasteiger partial charge in [0, 0.05) is 32.6 Å². The number of nitrogens with zero attached hydrogens (tertiary/aromatic N) is 2. The monoisotopic (exact) mass is 373 g/mol. The first-order valence-corrected chi connectivity index (χ1v) is 9.97. The average Bonchev–Trinajstić information content (AvgIpc) is 3.33. The van der Waals surface area contributed by atoms with E-state index in [2.05, 4.69) is 12.2 Å². The quantitative estimate of drug-likeness (QED) is 0.796. The van der Waals surface area contributed by atoms with Crippen molar-refractivity contribution < 1.29 is 14.3 Å². The molecule has 3 atom stereocenters. The van der Waals surface area contributed by atoms with Crippen molar-refractivity contribution in [1.82, 2.24) is 15.1 Å². The van der Waals surface area contributed by atoms with Crippen molar-refractivity contribution in [3.8, 4) is 5.75 Å². The minimum absolute atomic E-state index is 0.0804. The molecule has 1 aromatic carbocycles. The Morgan fingerprint density at radius 3 is 2.67 bits per heavy atom. The number of likely N-dealkylation sites (tertiary alicyclic amines) is 1. The van der Waals surface area contributed by atoms with Gasteiger partial charge in [-0.15, -0.1) is 0 Å². The molecule has 0 aromatic heterocycles. The number of rotatable bonds is 7. The third-order valence-corrected chi connectivity index (χ3v) is 5.89. The minimum atomic E-state index is -0.326. The van der Waals surface area contributed by atoms with Crippen molar-refractivity contribution in [1.29, 1.82) is 0 Å². The normalized spacial score (nSPS) is 25.1. The number of benzene rings is 1. The van der Waals surface area contributed by atoms with E-state index in [1.54, 1.807) is 7.11 Å². The van der Waals surface area contributed by atoms with Gasteiger partial charge in [-0.25, -0.2) is 0 Å². The van der Waals surface area contributed by atoms with Crippen LogP contribution in [0.3, 0.4) is 0 Å². The van der Waals surface area contributed by atoms with Crippen molar-refractivity contribution in [2.75, 3.05) is 33.8 Å². The molecule has 3 unspecified atom stereocenters. The standard InChI is InChI=1S/C21H31N3O3/c1-4-5-12-24-19(25)13-18(21(26)23(2)16-10-11-22-14-16)20(24)15-6-8-17(27-3)9-7-15/h6-9,16,18,20,22H,4-5,10-14H2,1-3H3. The van der Waals surface area contributed by atoms with E-state index in [4.69, 9.17) is 4.74 Å². The first-order chi connectivity index (χ1) is 13.1. The molecule has 3 rings (SSSR count). The van der Waals surface area contributed by atoms with Crippen molar-refractivity contribution in [2.24, 2.45) is 5.92 Å². The van der Waals surface area contributed by atoms with E-state index in [-0.39, 0.29) is 29.8 Å². The van der Waals surface area contributed by atoms with Gasteiger partial charge in [0.15, 0.2) is 0 Å². The van der Waals surface area contributed by atoms with E-state index < -0.39 is 0 Å². The van der Waals surface area contributed by atoms with Gasteiger partial charge < -0.3 is 19.9 Å². The number of ether oxygens (including phenoxy) is 1. The second-order valence-corrected chi connectivity index (χ2v) is 7.57. The Balaban J connectivity index is 1.87. The Labute approximate surface area is 161 Å². The maximum atomic E-state index is 13.3. The zero-order valence-corrected chi connectivity index (χ0v) is 16.6. The summed E-state index contributed by atoms with van der Waals surface area (Å²) in [6.45, 7) is 4.59. The molecule has 0 aliphatic carbocycles. The molecular weight excluding hydrogens is 342 g/mol. The molecule has 0 bridgehead atoms. The Morgan fingerprint density at radius 2 is 2.07 bits per heavy atom. The molecule has 2 amide bonds. The molecule has 2 aliphatic rings. The third kappa shape index (κ3) is 4.10. The van der Waals surface area contributed by atoms with Gasteiger partial charge in [0.2, 0.25) is 11.8 Å². The van der Waals surface area contributed by atoms with Gasteiger partial charge in [-0.05, 0) is 37.1 Å². The van der Waals surface area contributed by atoms with Crippen LogP contribution < -0.4 is 10.1 Å². The summed E-state index contributed by atoms with van der Waals surface area (Å²) in [7, 11) is 3.52. The van der Waals surface area contributed by atoms with Crippen LogP contribution in [0.25, 0.3) is 0 Å². The van der Waals surface area contributed by atoms with Crippen LogP contribution in [-0.2, 0) is 9.59 Å². The topological polar surface area (TPSA) is 61.9 Å². The Kier molecular flexibility index (Phi) is 6.37. The first-order valence-electron chi connectivity index (χ1n) is 9.97. The Morgan fingerprint density at radius 1 is 1.33 bits per heavy atom. The maximum absolute atomic E-state index is 13.3. The largest absolute Gasteiger partial charge is 0.497 e. The van der Waals surface area contributed by atoms with Crippen LogP contribution in [0.15, 0.2) is 24.3 Å². The van der Waals surface area contributed by atoms with E-state index in [0.29, 0.717) is 13.0 Å². The van der Waals surface area contributed by atoms with Crippen LogP contribution in [0.5, 0.6) is 5.75 Å². The van der Waals surface area contributed by atoms with Crippen molar-refractivity contribution >= 4 is 11.8 Å². The van der Waals surface area contributed by atoms with Crippen LogP contribution >= 0.6 is 0 Å². The maximum Gasteiger partial charge on any atom is 0.228 e. The number of hydrogen-bond acceptors (Lipinski definition) is 4. The smallest absolute Gasteiger partial charge is 0.228 e. The highest BCUT2D eigenvalue weighted by atomic mass is 16.5. The molecule has 0 spiro atoms. The summed E-state index contributed by atoms with van der Waals surface area (Å²) in [5.41, 5.74) is 1.01. The number of unbranched alkanes of at least 4 members (excludes halogenated alkanes) is 1. The number of likely N-dealkylation sites (N-methyl/N-ethyl adjacent to an activating group) is 1. The van der Waals surface area contributed by atoms with Crippen molar-refractivity contribution in [3.63, 3.8) is 0 Å². The summed E-state index contributed by atoms with van der Waals surface area (Å²) in [6, 6.07) is 7.80. The summed E-state index contributed by atoms with van der Waals surface area (Å²) in [5, 5.41) is 3.31. The van der Waals surface area contributed by atoms with E-state index >= 15 is 0 Å². The Hall–Kier alpha value is -2.08. The summed E-state index contributed by atoms with van der Waals surface area (Å²) in [6.07, 6.45) is 3.23. The van der Waals surface area contributed by atoms with Crippen LogP contribution in [0.4, 0.5) is 0 Å². The number of methoxy groups -OCH3 is 1. The van der Waals surface area contributed by atoms with E-state index in [9.17, 15) is 9.59 Å². The van der Waals surface area contributed by atoms with Crippen LogP contribution in [0.1, 0.15) is 44.2 Å². The molecule has 0 radical (unpaired) electrons. The molecule has 0 saturated carbocycles. The van der Waals surface area contributed by atoms with Crippen molar-refractivity contribution in [2.45, 2.75) is 44.7 Å². The van der Waals surface area contributed by atoms with Gasteiger partial charge in [-0.3, -0.25) is 9.59 Å². The van der Waals surface area contributed by atoms with Gasteiger partial charge in [-0.2, -0.15) is 0 Å². The van der Waals surface area contributed by atoms with E-state index in [1.807, 2.05) is 41.1 Å². The van der Waals surface area contributed by atoms with Crippen LogP contribution in [-0.4, -0.2) is 61.4 Å². The summed E-state index contributed by atoms with van der Waals surface area (Å²) in [5.74, 6) is 0.617. The van der Waals surface area contributed by atoms with Crippen LogP contribution in [0, 0.1) is 5.92 Å². The van der Waals surface area contributed by atoms with Crippen molar-refractivity contribution in [3.05, 3.63) is 29.8 Å². The molecule has 27 heavy (non-hydrogen) atoms. The molecular formula is C21H31N3O3. The summed E-state index contributed by atoms with van der Waals surface area (Å²) >= 11 is 0. The van der Waals surface area contributed by atoms with Crippen LogP contribution in [0.2, 0.25) is 0 Å². The number of nitrogens with one attached hydrogen (secondary N) is 1. The van der Waals surface area contributed by atoms with Gasteiger partial charge >= 0.3 is 0 Å². The third-order valence-electron chi connectivity index (χ3n) is 5.89. The fraction of sp³-hybridized carbons (Fsp3) is 0.619.